The zero-order chi connectivity index (χ0) is 20.6. The highest BCUT2D eigenvalue weighted by Gasteiger charge is 2.23. The lowest BCUT2D eigenvalue weighted by Gasteiger charge is -2.23. The maximum absolute atomic E-state index is 12.4. The minimum atomic E-state index is -0.534. The fraction of sp³-hybridized carbons (Fsp3) is 0.364. The Hall–Kier alpha value is -2.57. The highest BCUT2D eigenvalue weighted by molar-refractivity contribution is 6.30. The molecule has 0 bridgehead atoms. The van der Waals surface area contributed by atoms with E-state index in [1.165, 1.54) is 0 Å². The summed E-state index contributed by atoms with van der Waals surface area (Å²) in [6.07, 6.45) is 0.993. The minimum absolute atomic E-state index is 0.0163. The molecule has 0 unspecified atom stereocenters. The second-order valence-corrected chi connectivity index (χ2v) is 7.50. The molecule has 29 heavy (non-hydrogen) atoms. The molecule has 1 saturated heterocycles. The predicted molar refractivity (Wildman–Crippen MR) is 112 cm³/mol. The second kappa shape index (κ2) is 10.3. The van der Waals surface area contributed by atoms with Crippen LogP contribution in [0.1, 0.15) is 36.9 Å². The number of benzene rings is 2. The van der Waals surface area contributed by atoms with E-state index in [1.807, 2.05) is 19.1 Å². The van der Waals surface area contributed by atoms with Crippen molar-refractivity contribution in [1.29, 1.82) is 0 Å². The van der Waals surface area contributed by atoms with E-state index in [0.29, 0.717) is 23.9 Å². The summed E-state index contributed by atoms with van der Waals surface area (Å²) in [6, 6.07) is 14.3. The summed E-state index contributed by atoms with van der Waals surface area (Å²) in [6.45, 7) is 3.39. The van der Waals surface area contributed by atoms with Crippen molar-refractivity contribution < 1.29 is 19.1 Å². The van der Waals surface area contributed by atoms with Crippen molar-refractivity contribution in [2.75, 3.05) is 18.5 Å². The Bertz CT molecular complexity index is 818. The van der Waals surface area contributed by atoms with E-state index < -0.39 is 6.09 Å². The van der Waals surface area contributed by atoms with Gasteiger partial charge in [0.2, 0.25) is 5.91 Å². The van der Waals surface area contributed by atoms with Gasteiger partial charge in [0.15, 0.2) is 0 Å². The van der Waals surface area contributed by atoms with Crippen molar-refractivity contribution in [3.8, 4) is 0 Å². The molecule has 1 heterocycles. The first-order chi connectivity index (χ1) is 14.0. The molecule has 1 aliphatic heterocycles. The number of nitrogens with one attached hydrogen (secondary N) is 2. The number of rotatable bonds is 6. The summed E-state index contributed by atoms with van der Waals surface area (Å²) in [5, 5.41) is 6.38. The van der Waals surface area contributed by atoms with E-state index in [1.54, 1.807) is 36.4 Å². The first kappa shape index (κ1) is 21.1. The smallest absolute Gasteiger partial charge is 0.411 e. The molecule has 2 N–H and O–H groups in total. The molecular weight excluding hydrogens is 392 g/mol. The molecule has 1 fully saturated rings. The summed E-state index contributed by atoms with van der Waals surface area (Å²) < 4.78 is 10.5. The lowest BCUT2D eigenvalue weighted by molar-refractivity contribution is -0.128. The van der Waals surface area contributed by atoms with Gasteiger partial charge >= 0.3 is 6.09 Å². The van der Waals surface area contributed by atoms with Crippen LogP contribution in [-0.4, -0.2) is 25.2 Å². The number of hydrogen-bond acceptors (Lipinski definition) is 4. The van der Waals surface area contributed by atoms with Crippen LogP contribution < -0.4 is 10.6 Å². The third-order valence-corrected chi connectivity index (χ3v) is 5.14. The lowest BCUT2D eigenvalue weighted by atomic mass is 9.98. The molecule has 2 amide bonds. The number of anilines is 1. The van der Waals surface area contributed by atoms with Gasteiger partial charge < -0.3 is 14.8 Å². The van der Waals surface area contributed by atoms with E-state index >= 15 is 0 Å². The number of carbonyl (C=O) groups excluding carboxylic acids is 2. The van der Waals surface area contributed by atoms with E-state index in [0.717, 1.165) is 24.0 Å². The number of halogens is 1. The fourth-order valence-electron chi connectivity index (χ4n) is 3.11. The Morgan fingerprint density at radius 1 is 1.10 bits per heavy atom. The van der Waals surface area contributed by atoms with Crippen molar-refractivity contribution in [1.82, 2.24) is 5.32 Å². The zero-order valence-electron chi connectivity index (χ0n) is 16.3. The van der Waals surface area contributed by atoms with Crippen LogP contribution in [0.5, 0.6) is 0 Å². The summed E-state index contributed by atoms with van der Waals surface area (Å²) in [4.78, 5) is 24.3. The molecule has 0 saturated carbocycles. The van der Waals surface area contributed by atoms with E-state index in [2.05, 4.69) is 10.6 Å². The van der Waals surface area contributed by atoms with Crippen molar-refractivity contribution in [2.45, 2.75) is 32.4 Å². The standard InChI is InChI=1S/C22H25ClN2O4/c1-15(24-21(26)18-10-12-28-13-11-18)17-4-8-20(9-5-17)25-22(27)29-14-16-2-6-19(23)7-3-16/h2-9,15,18H,10-14H2,1H3,(H,24,26)(H,25,27)/t15-/m0/s1. The largest absolute Gasteiger partial charge is 0.444 e. The molecule has 154 valence electrons. The van der Waals surface area contributed by atoms with Gasteiger partial charge in [-0.2, -0.15) is 0 Å². The first-order valence-electron chi connectivity index (χ1n) is 9.67. The van der Waals surface area contributed by atoms with Crippen LogP contribution in [0.25, 0.3) is 0 Å². The highest BCUT2D eigenvalue weighted by Crippen LogP contribution is 2.20. The van der Waals surface area contributed by atoms with Gasteiger partial charge in [0, 0.05) is 29.8 Å². The van der Waals surface area contributed by atoms with Gasteiger partial charge in [-0.05, 0) is 55.2 Å². The van der Waals surface area contributed by atoms with Crippen LogP contribution in [0.4, 0.5) is 10.5 Å². The van der Waals surface area contributed by atoms with Crippen LogP contribution in [-0.2, 0) is 20.9 Å². The molecule has 6 nitrogen and oxygen atoms in total. The Balaban J connectivity index is 1.46. The third kappa shape index (κ3) is 6.48. The molecule has 1 atom stereocenters. The Morgan fingerprint density at radius 3 is 2.41 bits per heavy atom. The SMILES string of the molecule is C[C@H](NC(=O)C1CCOCC1)c1ccc(NC(=O)OCc2ccc(Cl)cc2)cc1. The van der Waals surface area contributed by atoms with Crippen LogP contribution in [0.3, 0.4) is 0 Å². The first-order valence-corrected chi connectivity index (χ1v) is 10.1. The van der Waals surface area contributed by atoms with Crippen molar-refractivity contribution in [3.63, 3.8) is 0 Å². The minimum Gasteiger partial charge on any atom is -0.444 e. The molecule has 0 aliphatic carbocycles. The maximum Gasteiger partial charge on any atom is 0.411 e. The van der Waals surface area contributed by atoms with Gasteiger partial charge in [-0.15, -0.1) is 0 Å². The van der Waals surface area contributed by atoms with E-state index in [4.69, 9.17) is 21.1 Å². The Labute approximate surface area is 175 Å². The fourth-order valence-corrected chi connectivity index (χ4v) is 3.24. The van der Waals surface area contributed by atoms with Crippen LogP contribution in [0, 0.1) is 5.92 Å². The summed E-state index contributed by atoms with van der Waals surface area (Å²) >= 11 is 5.84. The summed E-state index contributed by atoms with van der Waals surface area (Å²) in [7, 11) is 0. The lowest BCUT2D eigenvalue weighted by Crippen LogP contribution is -2.35. The Morgan fingerprint density at radius 2 is 1.76 bits per heavy atom. The molecule has 2 aromatic rings. The third-order valence-electron chi connectivity index (χ3n) is 4.89. The maximum atomic E-state index is 12.4. The number of ether oxygens (including phenoxy) is 2. The monoisotopic (exact) mass is 416 g/mol. The highest BCUT2D eigenvalue weighted by atomic mass is 35.5. The van der Waals surface area contributed by atoms with Crippen LogP contribution >= 0.6 is 11.6 Å². The average molecular weight is 417 g/mol. The Kier molecular flexibility index (Phi) is 7.49. The summed E-state index contributed by atoms with van der Waals surface area (Å²) in [5.74, 6) is 0.0799. The zero-order valence-corrected chi connectivity index (χ0v) is 17.1. The topological polar surface area (TPSA) is 76.7 Å². The van der Waals surface area contributed by atoms with Gasteiger partial charge in [-0.1, -0.05) is 35.9 Å². The van der Waals surface area contributed by atoms with E-state index in [9.17, 15) is 9.59 Å². The van der Waals surface area contributed by atoms with Crippen molar-refractivity contribution in [3.05, 3.63) is 64.7 Å². The molecule has 3 rings (SSSR count). The normalized spacial score (nSPS) is 15.4. The summed E-state index contributed by atoms with van der Waals surface area (Å²) in [5.41, 5.74) is 2.44. The number of amides is 2. The van der Waals surface area contributed by atoms with Gasteiger partial charge in [0.05, 0.1) is 6.04 Å². The second-order valence-electron chi connectivity index (χ2n) is 7.07. The van der Waals surface area contributed by atoms with Gasteiger partial charge in [0.25, 0.3) is 0 Å². The molecular formula is C22H25ClN2O4. The molecule has 0 spiro atoms. The van der Waals surface area contributed by atoms with Crippen molar-refractivity contribution in [2.24, 2.45) is 5.92 Å². The molecule has 1 aliphatic rings. The molecule has 0 radical (unpaired) electrons. The average Bonchev–Trinajstić information content (AvgIpc) is 2.74. The van der Waals surface area contributed by atoms with E-state index in [-0.39, 0.29) is 24.5 Å². The number of hydrogen-bond donors (Lipinski definition) is 2. The van der Waals surface area contributed by atoms with Gasteiger partial charge in [-0.3, -0.25) is 10.1 Å². The predicted octanol–water partition coefficient (Wildman–Crippen LogP) is 4.69. The van der Waals surface area contributed by atoms with Crippen LogP contribution in [0.15, 0.2) is 48.5 Å². The molecule has 0 aromatic heterocycles. The van der Waals surface area contributed by atoms with Crippen LogP contribution in [0.2, 0.25) is 5.02 Å². The quantitative estimate of drug-likeness (QED) is 0.716. The van der Waals surface area contributed by atoms with Crippen molar-refractivity contribution >= 4 is 29.3 Å². The molecule has 2 aromatic carbocycles. The van der Waals surface area contributed by atoms with Gasteiger partial charge in [-0.25, -0.2) is 4.79 Å². The molecule has 7 heteroatoms. The number of carbonyl (C=O) groups is 2. The van der Waals surface area contributed by atoms with Gasteiger partial charge in [0.1, 0.15) is 6.61 Å².